The van der Waals surface area contributed by atoms with Crippen molar-refractivity contribution < 1.29 is 33.3 Å². The van der Waals surface area contributed by atoms with Crippen LogP contribution in [0.15, 0.2) is 62.6 Å². The van der Waals surface area contributed by atoms with E-state index in [9.17, 15) is 14.4 Å². The summed E-state index contributed by atoms with van der Waals surface area (Å²) in [4.78, 5) is 41.7. The topological polar surface area (TPSA) is 91.4 Å². The van der Waals surface area contributed by atoms with E-state index in [1.165, 1.54) is 0 Å². The number of amides is 1. The Hall–Kier alpha value is -3.28. The molecular weight excluding hydrogens is 571 g/mol. The van der Waals surface area contributed by atoms with Gasteiger partial charge in [0.25, 0.3) is 5.91 Å². The second kappa shape index (κ2) is 12.5. The number of hydrogen-bond acceptors (Lipinski definition) is 10. The highest BCUT2D eigenvalue weighted by molar-refractivity contribution is 8.29. The zero-order valence-electron chi connectivity index (χ0n) is 22.8. The van der Waals surface area contributed by atoms with Crippen LogP contribution in [0.2, 0.25) is 0 Å². The smallest absolute Gasteiger partial charge is 0.346 e. The second-order valence-electron chi connectivity index (χ2n) is 9.07. The van der Waals surface area contributed by atoms with E-state index in [0.717, 1.165) is 23.5 Å². The number of esters is 2. The summed E-state index contributed by atoms with van der Waals surface area (Å²) in [5.74, 6) is -0.366. The maximum absolute atomic E-state index is 13.7. The highest BCUT2D eigenvalue weighted by Gasteiger charge is 2.46. The zero-order chi connectivity index (χ0) is 29.0. The van der Waals surface area contributed by atoms with Crippen molar-refractivity contribution in [2.75, 3.05) is 31.8 Å². The molecule has 0 spiro atoms. The van der Waals surface area contributed by atoms with Crippen molar-refractivity contribution >= 4 is 69.7 Å². The molecule has 0 N–H and O–H groups in total. The largest absolute Gasteiger partial charge is 0.497 e. The highest BCUT2D eigenvalue weighted by atomic mass is 32.2. The van der Waals surface area contributed by atoms with Crippen LogP contribution in [0.3, 0.4) is 0 Å². The number of thiocarbonyl (C=S) groups is 1. The van der Waals surface area contributed by atoms with Crippen molar-refractivity contribution in [1.29, 1.82) is 0 Å². The summed E-state index contributed by atoms with van der Waals surface area (Å²) in [6.45, 7) is 7.23. The molecule has 2 aliphatic heterocycles. The van der Waals surface area contributed by atoms with Gasteiger partial charge in [-0.1, -0.05) is 53.9 Å². The van der Waals surface area contributed by atoms with Gasteiger partial charge in [0.15, 0.2) is 6.61 Å². The molecule has 0 radical (unpaired) electrons. The predicted molar refractivity (Wildman–Crippen MR) is 161 cm³/mol. The fourth-order valence-electron chi connectivity index (χ4n) is 4.31. The molecule has 0 aromatic heterocycles. The summed E-state index contributed by atoms with van der Waals surface area (Å²) in [6.07, 6.45) is 0. The predicted octanol–water partition coefficient (Wildman–Crippen LogP) is 5.76. The maximum atomic E-state index is 13.7. The van der Waals surface area contributed by atoms with Crippen molar-refractivity contribution in [1.82, 2.24) is 0 Å². The van der Waals surface area contributed by atoms with E-state index in [2.05, 4.69) is 0 Å². The van der Waals surface area contributed by atoms with E-state index in [4.69, 9.17) is 31.2 Å². The van der Waals surface area contributed by atoms with Gasteiger partial charge in [-0.3, -0.25) is 9.69 Å². The highest BCUT2D eigenvalue weighted by Crippen LogP contribution is 2.56. The third-order valence-electron chi connectivity index (χ3n) is 6.13. The van der Waals surface area contributed by atoms with Gasteiger partial charge >= 0.3 is 11.9 Å². The third kappa shape index (κ3) is 5.77. The van der Waals surface area contributed by atoms with E-state index < -0.39 is 17.5 Å². The Bertz CT molecular complexity index is 1380. The minimum Gasteiger partial charge on any atom is -0.497 e. The summed E-state index contributed by atoms with van der Waals surface area (Å²) >= 11 is 8.26. The molecule has 4 rings (SSSR count). The van der Waals surface area contributed by atoms with Crippen LogP contribution in [0.5, 0.6) is 11.5 Å². The van der Waals surface area contributed by atoms with E-state index in [1.807, 2.05) is 32.0 Å². The lowest BCUT2D eigenvalue weighted by atomic mass is 9.83. The molecule has 210 valence electrons. The molecular formula is C29H29NO7S3. The quantitative estimate of drug-likeness (QED) is 0.212. The van der Waals surface area contributed by atoms with Gasteiger partial charge < -0.3 is 18.9 Å². The van der Waals surface area contributed by atoms with Crippen LogP contribution in [0.25, 0.3) is 5.57 Å². The molecule has 8 nitrogen and oxygen atoms in total. The SMILES string of the molecule is CCOC(=O)C1=C(C(=O)OCC)SC(=C2C(=S)C(C)(C)N(C(=O)COc3ccccc3)c3ccc(OC)cc32)S1. The average Bonchev–Trinajstić information content (AvgIpc) is 3.38. The minimum atomic E-state index is -0.950. The lowest BCUT2D eigenvalue weighted by molar-refractivity contribution is -0.140. The molecule has 0 saturated carbocycles. The van der Waals surface area contributed by atoms with Gasteiger partial charge in [-0.2, -0.15) is 0 Å². The number of hydrogen-bond donors (Lipinski definition) is 0. The Morgan fingerprint density at radius 1 is 0.900 bits per heavy atom. The minimum absolute atomic E-state index is 0.146. The first kappa shape index (κ1) is 29.7. The van der Waals surface area contributed by atoms with Gasteiger partial charge in [-0.15, -0.1) is 0 Å². The molecule has 0 bridgehead atoms. The Morgan fingerprint density at radius 2 is 1.50 bits per heavy atom. The van der Waals surface area contributed by atoms with E-state index in [0.29, 0.717) is 37.4 Å². The fourth-order valence-corrected chi connectivity index (χ4v) is 7.29. The van der Waals surface area contributed by atoms with Crippen molar-refractivity contribution in [3.8, 4) is 11.5 Å². The van der Waals surface area contributed by atoms with E-state index in [-0.39, 0.29) is 35.5 Å². The Labute approximate surface area is 247 Å². The van der Waals surface area contributed by atoms with Crippen molar-refractivity contribution in [2.45, 2.75) is 33.2 Å². The zero-order valence-corrected chi connectivity index (χ0v) is 25.2. The maximum Gasteiger partial charge on any atom is 0.346 e. The van der Waals surface area contributed by atoms with Crippen LogP contribution in [0, 0.1) is 0 Å². The van der Waals surface area contributed by atoms with Crippen LogP contribution in [-0.4, -0.2) is 55.2 Å². The number of carbonyl (C=O) groups is 3. The molecule has 1 amide bonds. The first-order valence-corrected chi connectivity index (χ1v) is 14.6. The molecule has 0 unspecified atom stereocenters. The number of nitrogens with zero attached hydrogens (tertiary/aromatic N) is 1. The normalized spacial score (nSPS) is 16.0. The number of rotatable bonds is 8. The standard InChI is InChI=1S/C29H29NO7S3/c1-6-35-26(32)23-24(27(33)36-7-2)40-28(39-23)22-19-15-18(34-5)13-14-20(19)30(29(3,4)25(22)38)21(31)16-37-17-11-9-8-10-12-17/h8-15H,6-7,16H2,1-5H3. The molecule has 0 fully saturated rings. The first-order valence-electron chi connectivity index (χ1n) is 12.6. The van der Waals surface area contributed by atoms with Crippen LogP contribution in [0.1, 0.15) is 33.3 Å². The number of ether oxygens (including phenoxy) is 4. The molecule has 0 aliphatic carbocycles. The summed E-state index contributed by atoms with van der Waals surface area (Å²) in [5.41, 5.74) is 0.930. The van der Waals surface area contributed by atoms with Crippen LogP contribution in [0.4, 0.5) is 5.69 Å². The molecule has 0 atom stereocenters. The van der Waals surface area contributed by atoms with Crippen LogP contribution < -0.4 is 14.4 Å². The number of benzene rings is 2. The molecule has 0 saturated heterocycles. The van der Waals surface area contributed by atoms with Crippen molar-refractivity contribution in [3.05, 3.63) is 68.1 Å². The van der Waals surface area contributed by atoms with Crippen LogP contribution >= 0.6 is 35.7 Å². The van der Waals surface area contributed by atoms with E-state index in [1.54, 1.807) is 56.2 Å². The Kier molecular flexibility index (Phi) is 9.27. The molecule has 2 aromatic rings. The lowest BCUT2D eigenvalue weighted by Gasteiger charge is -2.45. The number of carbonyl (C=O) groups excluding carboxylic acids is 3. The molecule has 40 heavy (non-hydrogen) atoms. The van der Waals surface area contributed by atoms with Gasteiger partial charge in [-0.25, -0.2) is 9.59 Å². The van der Waals surface area contributed by atoms with Gasteiger partial charge in [0.2, 0.25) is 0 Å². The molecule has 2 aromatic carbocycles. The van der Waals surface area contributed by atoms with Gasteiger partial charge in [-0.05, 0) is 58.0 Å². The number of para-hydroxylation sites is 1. The second-order valence-corrected chi connectivity index (χ2v) is 11.8. The molecule has 11 heteroatoms. The third-order valence-corrected chi connectivity index (χ3v) is 9.39. The van der Waals surface area contributed by atoms with E-state index >= 15 is 0 Å². The monoisotopic (exact) mass is 599 g/mol. The Balaban J connectivity index is 1.81. The van der Waals surface area contributed by atoms with Crippen molar-refractivity contribution in [2.24, 2.45) is 0 Å². The lowest BCUT2D eigenvalue weighted by Crippen LogP contribution is -2.57. The number of anilines is 1. The summed E-state index contributed by atoms with van der Waals surface area (Å²) in [7, 11) is 1.55. The average molecular weight is 600 g/mol. The summed E-state index contributed by atoms with van der Waals surface area (Å²) in [6, 6.07) is 14.5. The summed E-state index contributed by atoms with van der Waals surface area (Å²) in [5, 5.41) is 0. The van der Waals surface area contributed by atoms with Gasteiger partial charge in [0.1, 0.15) is 21.3 Å². The van der Waals surface area contributed by atoms with Gasteiger partial charge in [0.05, 0.1) is 40.7 Å². The number of fused-ring (bicyclic) bond motifs is 1. The molecule has 2 heterocycles. The summed E-state index contributed by atoms with van der Waals surface area (Å²) < 4.78 is 22.3. The number of thioether (sulfide) groups is 2. The Morgan fingerprint density at radius 3 is 2.05 bits per heavy atom. The number of methoxy groups -OCH3 is 1. The first-order chi connectivity index (χ1) is 19.1. The van der Waals surface area contributed by atoms with Crippen LogP contribution in [-0.2, 0) is 23.9 Å². The molecule has 2 aliphatic rings. The van der Waals surface area contributed by atoms with Gasteiger partial charge in [0, 0.05) is 11.1 Å². The van der Waals surface area contributed by atoms with Crippen molar-refractivity contribution in [3.63, 3.8) is 0 Å². The fraction of sp³-hybridized carbons (Fsp3) is 0.310.